The fourth-order valence-electron chi connectivity index (χ4n) is 3.47. The van der Waals surface area contributed by atoms with Gasteiger partial charge in [-0.2, -0.15) is 5.10 Å². The number of hydrogen-bond acceptors (Lipinski definition) is 7. The Balaban J connectivity index is 1.55. The van der Waals surface area contributed by atoms with E-state index in [0.717, 1.165) is 6.26 Å². The van der Waals surface area contributed by atoms with E-state index in [9.17, 15) is 18.4 Å². The molecule has 0 saturated heterocycles. The molecule has 0 atom stereocenters. The third-order valence-electron chi connectivity index (χ3n) is 5.35. The zero-order valence-electron chi connectivity index (χ0n) is 18.6. The summed E-state index contributed by atoms with van der Waals surface area (Å²) in [5, 5.41) is 13.0. The van der Waals surface area contributed by atoms with Gasteiger partial charge in [0.05, 0.1) is 24.2 Å². The molecule has 0 fully saturated rings. The number of benzene rings is 1. The molecule has 10 nitrogen and oxygen atoms in total. The van der Waals surface area contributed by atoms with Gasteiger partial charge in [-0.3, -0.25) is 9.59 Å². The lowest BCUT2D eigenvalue weighted by molar-refractivity contribution is 0.0766. The molecule has 0 saturated carbocycles. The van der Waals surface area contributed by atoms with Gasteiger partial charge >= 0.3 is 0 Å². The minimum absolute atomic E-state index is 0.00856. The second-order valence-electron chi connectivity index (χ2n) is 7.67. The van der Waals surface area contributed by atoms with Crippen molar-refractivity contribution in [2.24, 2.45) is 5.73 Å². The molecular weight excluding hydrogens is 462 g/mol. The van der Waals surface area contributed by atoms with E-state index in [2.05, 4.69) is 10.1 Å². The van der Waals surface area contributed by atoms with Crippen molar-refractivity contribution in [2.75, 3.05) is 31.6 Å². The van der Waals surface area contributed by atoms with Crippen LogP contribution in [0.15, 0.2) is 59.5 Å². The van der Waals surface area contributed by atoms with Gasteiger partial charge in [0, 0.05) is 37.5 Å². The Morgan fingerprint density at radius 3 is 2.60 bits per heavy atom. The van der Waals surface area contributed by atoms with Gasteiger partial charge < -0.3 is 25.1 Å². The van der Waals surface area contributed by atoms with Crippen LogP contribution >= 0.6 is 0 Å². The molecule has 1 aliphatic heterocycles. The van der Waals surface area contributed by atoms with E-state index in [1.807, 2.05) is 0 Å². The minimum atomic E-state index is -2.82. The molecule has 0 unspecified atom stereocenters. The van der Waals surface area contributed by atoms with Gasteiger partial charge in [0.15, 0.2) is 11.4 Å². The van der Waals surface area contributed by atoms with E-state index >= 15 is 0 Å². The van der Waals surface area contributed by atoms with Gasteiger partial charge in [-0.15, -0.1) is 0 Å². The van der Waals surface area contributed by atoms with Crippen molar-refractivity contribution in [3.8, 4) is 5.69 Å². The van der Waals surface area contributed by atoms with E-state index in [4.69, 9.17) is 15.3 Å². The molecule has 12 heteroatoms. The van der Waals surface area contributed by atoms with E-state index in [1.165, 1.54) is 15.8 Å². The Morgan fingerprint density at radius 1 is 1.29 bits per heavy atom. The van der Waals surface area contributed by atoms with Gasteiger partial charge in [0.2, 0.25) is 5.89 Å². The molecule has 2 aromatic heterocycles. The summed E-state index contributed by atoms with van der Waals surface area (Å²) in [5.41, 5.74) is 6.45. The van der Waals surface area contributed by atoms with Crippen molar-refractivity contribution in [1.29, 1.82) is 0 Å². The van der Waals surface area contributed by atoms with Crippen molar-refractivity contribution < 1.29 is 27.9 Å². The number of nitrogens with zero attached hydrogens (tertiary/aromatic N) is 5. The molecule has 4 rings (SSSR count). The molecular formula is C23H22F2N6O4. The van der Waals surface area contributed by atoms with E-state index in [1.54, 1.807) is 54.6 Å². The van der Waals surface area contributed by atoms with Crippen LogP contribution in [-0.4, -0.2) is 63.3 Å². The van der Waals surface area contributed by atoms with Crippen LogP contribution in [0.4, 0.5) is 14.5 Å². The van der Waals surface area contributed by atoms with Crippen LogP contribution in [0.25, 0.3) is 11.3 Å². The number of anilines is 1. The second-order valence-corrected chi connectivity index (χ2v) is 7.67. The van der Waals surface area contributed by atoms with E-state index < -0.39 is 18.0 Å². The molecule has 0 spiro atoms. The predicted molar refractivity (Wildman–Crippen MR) is 122 cm³/mol. The summed E-state index contributed by atoms with van der Waals surface area (Å²) in [6.07, 6.45) is 4.75. The largest absolute Gasteiger partial charge is 0.444 e. The van der Waals surface area contributed by atoms with Crippen LogP contribution in [0, 0.1) is 0 Å². The standard InChI is InChI=1S/C23H22F2N6O4/c1-29(10-11-32)23(34)15-2-4-16(5-3-15)31-12-18(19(28-31)20(24)25)30-8-6-14(7-9-30)22-27-17(13-35-22)21(26)33/h2-8,12-13,20,32H,9-11H2,1H3,(H2,26,33). The molecule has 3 aromatic rings. The highest BCUT2D eigenvalue weighted by atomic mass is 19.3. The summed E-state index contributed by atoms with van der Waals surface area (Å²) in [5.74, 6) is -0.792. The number of nitrogens with two attached hydrogens (primary N) is 1. The van der Waals surface area contributed by atoms with Crippen LogP contribution in [0.3, 0.4) is 0 Å². The lowest BCUT2D eigenvalue weighted by Gasteiger charge is -2.21. The predicted octanol–water partition coefficient (Wildman–Crippen LogP) is 2.38. The number of aromatic nitrogens is 3. The Kier molecular flexibility index (Phi) is 6.73. The zero-order chi connectivity index (χ0) is 25.1. The lowest BCUT2D eigenvalue weighted by Crippen LogP contribution is -2.29. The summed E-state index contributed by atoms with van der Waals surface area (Å²) in [6, 6.07) is 6.35. The number of alkyl halides is 2. The Hall–Kier alpha value is -4.32. The van der Waals surface area contributed by atoms with Crippen LogP contribution < -0.4 is 10.6 Å². The van der Waals surface area contributed by atoms with E-state index in [0.29, 0.717) is 16.8 Å². The number of allylic oxidation sites excluding steroid dienone is 2. The summed E-state index contributed by atoms with van der Waals surface area (Å²) in [6.45, 7) is 0.277. The van der Waals surface area contributed by atoms with Crippen molar-refractivity contribution in [3.63, 3.8) is 0 Å². The van der Waals surface area contributed by atoms with Gasteiger partial charge in [-0.1, -0.05) is 6.08 Å². The van der Waals surface area contributed by atoms with Crippen LogP contribution in [-0.2, 0) is 0 Å². The zero-order valence-corrected chi connectivity index (χ0v) is 18.6. The highest BCUT2D eigenvalue weighted by Gasteiger charge is 2.24. The molecule has 1 aliphatic rings. The maximum Gasteiger partial charge on any atom is 0.284 e. The number of carbonyl (C=O) groups excluding carboxylic acids is 2. The quantitative estimate of drug-likeness (QED) is 0.502. The number of hydrogen-bond donors (Lipinski definition) is 2. The van der Waals surface area contributed by atoms with Crippen LogP contribution in [0.1, 0.15) is 38.9 Å². The van der Waals surface area contributed by atoms with Crippen molar-refractivity contribution in [1.82, 2.24) is 19.7 Å². The molecule has 182 valence electrons. The molecule has 2 amide bonds. The number of aliphatic hydroxyl groups excluding tert-OH is 1. The van der Waals surface area contributed by atoms with Crippen molar-refractivity contribution in [2.45, 2.75) is 6.43 Å². The molecule has 35 heavy (non-hydrogen) atoms. The third-order valence-corrected chi connectivity index (χ3v) is 5.35. The number of aliphatic hydroxyl groups is 1. The highest BCUT2D eigenvalue weighted by Crippen LogP contribution is 2.32. The third kappa shape index (κ3) is 4.96. The summed E-state index contributed by atoms with van der Waals surface area (Å²) >= 11 is 0. The number of oxazole rings is 1. The normalized spacial score (nSPS) is 13.3. The first-order chi connectivity index (χ1) is 16.8. The Bertz CT molecular complexity index is 1300. The van der Waals surface area contributed by atoms with Crippen molar-refractivity contribution in [3.05, 3.63) is 77.9 Å². The first kappa shape index (κ1) is 23.8. The topological polar surface area (TPSA) is 131 Å². The molecule has 0 aliphatic carbocycles. The fraction of sp³-hybridized carbons (Fsp3) is 0.217. The number of amides is 2. The fourth-order valence-corrected chi connectivity index (χ4v) is 3.47. The van der Waals surface area contributed by atoms with Gasteiger partial charge in [0.25, 0.3) is 18.2 Å². The van der Waals surface area contributed by atoms with Gasteiger partial charge in [-0.05, 0) is 30.3 Å². The molecule has 3 heterocycles. The minimum Gasteiger partial charge on any atom is -0.444 e. The summed E-state index contributed by atoms with van der Waals surface area (Å²) < 4.78 is 34.1. The van der Waals surface area contributed by atoms with Crippen LogP contribution in [0.5, 0.6) is 0 Å². The average molecular weight is 484 g/mol. The van der Waals surface area contributed by atoms with E-state index in [-0.39, 0.29) is 42.9 Å². The first-order valence-corrected chi connectivity index (χ1v) is 10.5. The number of halogens is 2. The molecule has 0 radical (unpaired) electrons. The SMILES string of the molecule is CN(CCO)C(=O)c1ccc(-n2cc(N3C=CC(c4nc(C(N)=O)co4)=CC3)c(C(F)F)n2)cc1. The summed E-state index contributed by atoms with van der Waals surface area (Å²) in [7, 11) is 1.58. The first-order valence-electron chi connectivity index (χ1n) is 10.5. The van der Waals surface area contributed by atoms with Gasteiger partial charge in [0.1, 0.15) is 6.26 Å². The maximum atomic E-state index is 13.8. The maximum absolute atomic E-state index is 13.8. The molecule has 0 bridgehead atoms. The smallest absolute Gasteiger partial charge is 0.284 e. The van der Waals surface area contributed by atoms with Crippen LogP contribution in [0.2, 0.25) is 0 Å². The summed E-state index contributed by atoms with van der Waals surface area (Å²) in [4.78, 5) is 30.5. The van der Waals surface area contributed by atoms with Crippen molar-refractivity contribution >= 4 is 23.1 Å². The molecule has 3 N–H and O–H groups in total. The Labute approximate surface area is 198 Å². The lowest BCUT2D eigenvalue weighted by atomic mass is 10.1. The highest BCUT2D eigenvalue weighted by molar-refractivity contribution is 5.94. The second kappa shape index (κ2) is 9.89. The average Bonchev–Trinajstić information content (AvgIpc) is 3.52. The monoisotopic (exact) mass is 484 g/mol. The Morgan fingerprint density at radius 2 is 2.03 bits per heavy atom. The number of primary amides is 1. The number of carbonyl (C=O) groups is 2. The number of rotatable bonds is 8. The number of likely N-dealkylation sites (N-methyl/N-ethyl adjacent to an activating group) is 1. The van der Waals surface area contributed by atoms with Gasteiger partial charge in [-0.25, -0.2) is 18.4 Å². The molecule has 1 aromatic carbocycles.